The first-order chi connectivity index (χ1) is 9.69. The van der Waals surface area contributed by atoms with Gasteiger partial charge in [-0.2, -0.15) is 5.26 Å². The van der Waals surface area contributed by atoms with Crippen LogP contribution in [-0.2, 0) is 17.8 Å². The van der Waals surface area contributed by atoms with Crippen molar-refractivity contribution in [3.8, 4) is 6.07 Å². The van der Waals surface area contributed by atoms with Crippen LogP contribution in [-0.4, -0.2) is 11.6 Å². The van der Waals surface area contributed by atoms with E-state index in [0.717, 1.165) is 35.7 Å². The molecule has 1 heterocycles. The minimum absolute atomic E-state index is 0.593. The molecule has 2 aromatic rings. The highest BCUT2D eigenvalue weighted by Gasteiger charge is 2.02. The smallest absolute Gasteiger partial charge is 0.119 e. The highest BCUT2D eigenvalue weighted by Crippen LogP contribution is 2.14. The highest BCUT2D eigenvalue weighted by atomic mass is 32.1. The van der Waals surface area contributed by atoms with Crippen LogP contribution < -0.4 is 0 Å². The second kappa shape index (κ2) is 7.18. The second-order valence-corrected chi connectivity index (χ2v) is 5.73. The molecule has 0 radical (unpaired) electrons. The van der Waals surface area contributed by atoms with Gasteiger partial charge >= 0.3 is 0 Å². The van der Waals surface area contributed by atoms with Crippen molar-refractivity contribution < 1.29 is 4.74 Å². The molecular formula is C16H18N2OS. The normalized spacial score (nSPS) is 10.4. The maximum Gasteiger partial charge on any atom is 0.119 e. The quantitative estimate of drug-likeness (QED) is 0.759. The Morgan fingerprint density at radius 3 is 2.90 bits per heavy atom. The number of nitriles is 1. The molecule has 0 N–H and O–H groups in total. The second-order valence-electron chi connectivity index (χ2n) is 4.79. The van der Waals surface area contributed by atoms with Crippen LogP contribution in [0.2, 0.25) is 0 Å². The lowest BCUT2D eigenvalue weighted by Gasteiger charge is -2.06. The molecule has 0 atom stereocenters. The average Bonchev–Trinajstić information content (AvgIpc) is 2.86. The van der Waals surface area contributed by atoms with Gasteiger partial charge < -0.3 is 4.74 Å². The molecule has 0 aliphatic rings. The van der Waals surface area contributed by atoms with Crippen LogP contribution in [0.15, 0.2) is 23.6 Å². The zero-order chi connectivity index (χ0) is 14.4. The lowest BCUT2D eigenvalue weighted by Crippen LogP contribution is -1.99. The minimum atomic E-state index is 0.593. The molecule has 0 aliphatic heterocycles. The van der Waals surface area contributed by atoms with E-state index in [4.69, 9.17) is 10.00 Å². The minimum Gasteiger partial charge on any atom is -0.374 e. The van der Waals surface area contributed by atoms with Crippen molar-refractivity contribution in [2.24, 2.45) is 0 Å². The zero-order valence-electron chi connectivity index (χ0n) is 11.8. The van der Waals surface area contributed by atoms with Crippen molar-refractivity contribution in [3.63, 3.8) is 0 Å². The molecule has 0 unspecified atom stereocenters. The van der Waals surface area contributed by atoms with Crippen molar-refractivity contribution in [1.82, 2.24) is 4.98 Å². The van der Waals surface area contributed by atoms with E-state index in [2.05, 4.69) is 18.0 Å². The fraction of sp³-hybridized carbons (Fsp3) is 0.375. The molecule has 0 saturated heterocycles. The molecule has 104 valence electrons. The van der Waals surface area contributed by atoms with Gasteiger partial charge in [0.1, 0.15) is 5.01 Å². The molecule has 0 aliphatic carbocycles. The summed E-state index contributed by atoms with van der Waals surface area (Å²) < 4.78 is 5.63. The lowest BCUT2D eigenvalue weighted by molar-refractivity contribution is 0.118. The molecule has 1 aromatic carbocycles. The van der Waals surface area contributed by atoms with E-state index in [0.29, 0.717) is 6.61 Å². The Kier molecular flexibility index (Phi) is 5.28. The highest BCUT2D eigenvalue weighted by molar-refractivity contribution is 7.09. The largest absolute Gasteiger partial charge is 0.374 e. The first kappa shape index (κ1) is 14.7. The Labute approximate surface area is 123 Å². The Bertz CT molecular complexity index is 613. The van der Waals surface area contributed by atoms with Crippen molar-refractivity contribution in [2.45, 2.75) is 33.3 Å². The summed E-state index contributed by atoms with van der Waals surface area (Å²) in [6.07, 6.45) is 1.90. The van der Waals surface area contributed by atoms with E-state index < -0.39 is 0 Å². The molecule has 20 heavy (non-hydrogen) atoms. The first-order valence-corrected chi connectivity index (χ1v) is 7.55. The maximum atomic E-state index is 8.91. The van der Waals surface area contributed by atoms with Crippen molar-refractivity contribution in [1.29, 1.82) is 5.26 Å². The molecule has 0 spiro atoms. The van der Waals surface area contributed by atoms with Crippen LogP contribution >= 0.6 is 11.3 Å². The van der Waals surface area contributed by atoms with E-state index in [1.54, 1.807) is 11.3 Å². The Balaban J connectivity index is 1.75. The van der Waals surface area contributed by atoms with E-state index >= 15 is 0 Å². The lowest BCUT2D eigenvalue weighted by atomic mass is 10.0. The summed E-state index contributed by atoms with van der Waals surface area (Å²) in [6.45, 7) is 5.38. The number of benzene rings is 1. The van der Waals surface area contributed by atoms with Crippen LogP contribution in [0.5, 0.6) is 0 Å². The van der Waals surface area contributed by atoms with Gasteiger partial charge in [-0.05, 0) is 49.9 Å². The Morgan fingerprint density at radius 1 is 1.35 bits per heavy atom. The number of aryl methyl sites for hydroxylation is 3. The van der Waals surface area contributed by atoms with Crippen LogP contribution in [0.1, 0.15) is 33.8 Å². The summed E-state index contributed by atoms with van der Waals surface area (Å²) in [5.41, 5.74) is 4.25. The number of aromatic nitrogens is 1. The number of rotatable bonds is 6. The van der Waals surface area contributed by atoms with Crippen molar-refractivity contribution in [3.05, 3.63) is 51.0 Å². The van der Waals surface area contributed by atoms with Gasteiger partial charge in [0.15, 0.2) is 0 Å². The SMILES string of the molecule is Cc1csc(COCCCc2cc(C#N)ccc2C)n1. The fourth-order valence-corrected chi connectivity index (χ4v) is 2.71. The van der Waals surface area contributed by atoms with Crippen LogP contribution in [0.4, 0.5) is 0 Å². The Hall–Kier alpha value is -1.70. The summed E-state index contributed by atoms with van der Waals surface area (Å²) in [5.74, 6) is 0. The molecule has 0 amide bonds. The van der Waals surface area contributed by atoms with E-state index in [1.807, 2.05) is 30.5 Å². The zero-order valence-corrected chi connectivity index (χ0v) is 12.7. The van der Waals surface area contributed by atoms with Crippen molar-refractivity contribution in [2.75, 3.05) is 6.61 Å². The summed E-state index contributed by atoms with van der Waals surface area (Å²) in [4.78, 5) is 4.36. The van der Waals surface area contributed by atoms with Crippen LogP contribution in [0.25, 0.3) is 0 Å². The number of nitrogens with zero attached hydrogens (tertiary/aromatic N) is 2. The molecule has 0 bridgehead atoms. The molecule has 3 nitrogen and oxygen atoms in total. The summed E-state index contributed by atoms with van der Waals surface area (Å²) in [6, 6.07) is 8.02. The van der Waals surface area contributed by atoms with Gasteiger partial charge in [-0.15, -0.1) is 11.3 Å². The van der Waals surface area contributed by atoms with Crippen molar-refractivity contribution >= 4 is 11.3 Å². The molecule has 4 heteroatoms. The monoisotopic (exact) mass is 286 g/mol. The first-order valence-electron chi connectivity index (χ1n) is 6.67. The van der Waals surface area contributed by atoms with Crippen LogP contribution in [0, 0.1) is 25.2 Å². The van der Waals surface area contributed by atoms with E-state index in [1.165, 1.54) is 11.1 Å². The number of hydrogen-bond acceptors (Lipinski definition) is 4. The summed E-state index contributed by atoms with van der Waals surface area (Å²) in [7, 11) is 0. The van der Waals surface area contributed by atoms with Gasteiger partial charge in [-0.3, -0.25) is 0 Å². The number of ether oxygens (including phenoxy) is 1. The van der Waals surface area contributed by atoms with Gasteiger partial charge in [-0.1, -0.05) is 6.07 Å². The molecule has 2 rings (SSSR count). The topological polar surface area (TPSA) is 45.9 Å². The van der Waals surface area contributed by atoms with Gasteiger partial charge in [0, 0.05) is 17.7 Å². The average molecular weight is 286 g/mol. The van der Waals surface area contributed by atoms with E-state index in [-0.39, 0.29) is 0 Å². The standard InChI is InChI=1S/C16H18N2OS/c1-12-5-6-14(9-17)8-15(12)4-3-7-19-10-16-18-13(2)11-20-16/h5-6,8,11H,3-4,7,10H2,1-2H3. The van der Waals surface area contributed by atoms with E-state index in [9.17, 15) is 0 Å². The van der Waals surface area contributed by atoms with Crippen LogP contribution in [0.3, 0.4) is 0 Å². The third kappa shape index (κ3) is 4.16. The van der Waals surface area contributed by atoms with Gasteiger partial charge in [0.05, 0.1) is 18.2 Å². The summed E-state index contributed by atoms with van der Waals surface area (Å²) >= 11 is 1.64. The molecule has 1 aromatic heterocycles. The fourth-order valence-electron chi connectivity index (χ4n) is 2.00. The predicted molar refractivity (Wildman–Crippen MR) is 80.7 cm³/mol. The number of thiazole rings is 1. The maximum absolute atomic E-state index is 8.91. The molecular weight excluding hydrogens is 268 g/mol. The van der Waals surface area contributed by atoms with Gasteiger partial charge in [0.25, 0.3) is 0 Å². The van der Waals surface area contributed by atoms with Gasteiger partial charge in [0.2, 0.25) is 0 Å². The molecule has 0 saturated carbocycles. The summed E-state index contributed by atoms with van der Waals surface area (Å²) in [5, 5.41) is 12.0. The van der Waals surface area contributed by atoms with Gasteiger partial charge in [-0.25, -0.2) is 4.98 Å². The number of hydrogen-bond donors (Lipinski definition) is 0. The predicted octanol–water partition coefficient (Wildman–Crippen LogP) is 3.78. The third-order valence-corrected chi connectivity index (χ3v) is 4.05. The Morgan fingerprint density at radius 2 is 2.20 bits per heavy atom. The molecule has 0 fully saturated rings. The third-order valence-electron chi connectivity index (χ3n) is 3.11.